The lowest BCUT2D eigenvalue weighted by atomic mass is 10.1. The highest BCUT2D eigenvalue weighted by Gasteiger charge is 2.09. The summed E-state index contributed by atoms with van der Waals surface area (Å²) in [5.41, 5.74) is 6.04. The van der Waals surface area contributed by atoms with E-state index in [0.717, 1.165) is 6.42 Å². The zero-order valence-corrected chi connectivity index (χ0v) is 9.51. The van der Waals surface area contributed by atoms with Crippen molar-refractivity contribution in [1.82, 2.24) is 4.98 Å². The average Bonchev–Trinajstić information content (AvgIpc) is 2.29. The Morgan fingerprint density at radius 1 is 1.53 bits per heavy atom. The first-order chi connectivity index (χ1) is 8.02. The van der Waals surface area contributed by atoms with Gasteiger partial charge in [-0.3, -0.25) is 4.79 Å². The molecule has 1 aromatic heterocycles. The highest BCUT2D eigenvalue weighted by Crippen LogP contribution is 2.07. The van der Waals surface area contributed by atoms with Gasteiger partial charge in [0.25, 0.3) is 0 Å². The van der Waals surface area contributed by atoms with Crippen LogP contribution in [0.2, 0.25) is 0 Å². The van der Waals surface area contributed by atoms with E-state index in [2.05, 4.69) is 10.3 Å². The van der Waals surface area contributed by atoms with Crippen LogP contribution in [0.25, 0.3) is 0 Å². The zero-order valence-electron chi connectivity index (χ0n) is 9.51. The highest BCUT2D eigenvalue weighted by molar-refractivity contribution is 5.91. The Balaban J connectivity index is 2.57. The number of carbonyl (C=O) groups excluding carboxylic acids is 1. The first-order valence-electron chi connectivity index (χ1n) is 5.27. The number of rotatable bonds is 5. The van der Waals surface area contributed by atoms with Crippen LogP contribution in [-0.4, -0.2) is 28.0 Å². The fourth-order valence-corrected chi connectivity index (χ4v) is 1.19. The molecule has 0 saturated carbocycles. The number of carboxylic acids is 1. The van der Waals surface area contributed by atoms with E-state index in [9.17, 15) is 9.59 Å². The molecule has 6 heteroatoms. The molecule has 6 nitrogen and oxygen atoms in total. The maximum atomic E-state index is 11.5. The van der Waals surface area contributed by atoms with E-state index in [1.54, 1.807) is 0 Å². The van der Waals surface area contributed by atoms with Gasteiger partial charge in [0, 0.05) is 12.5 Å². The molecule has 17 heavy (non-hydrogen) atoms. The van der Waals surface area contributed by atoms with Crippen molar-refractivity contribution in [3.63, 3.8) is 0 Å². The molecule has 1 heterocycles. The topological polar surface area (TPSA) is 105 Å². The summed E-state index contributed by atoms with van der Waals surface area (Å²) < 4.78 is 0. The Bertz CT molecular complexity index is 403. The second-order valence-corrected chi connectivity index (χ2v) is 3.66. The van der Waals surface area contributed by atoms with Crippen molar-refractivity contribution in [1.29, 1.82) is 0 Å². The normalized spacial score (nSPS) is 11.9. The summed E-state index contributed by atoms with van der Waals surface area (Å²) in [6.07, 6.45) is 2.26. The molecule has 1 atom stereocenters. The van der Waals surface area contributed by atoms with Gasteiger partial charge < -0.3 is 16.2 Å². The summed E-state index contributed by atoms with van der Waals surface area (Å²) in [6.45, 7) is 1.90. The number of nitrogens with two attached hydrogens (primary N) is 1. The van der Waals surface area contributed by atoms with Crippen LogP contribution in [-0.2, 0) is 4.79 Å². The molecule has 4 N–H and O–H groups in total. The van der Waals surface area contributed by atoms with Gasteiger partial charge in [-0.2, -0.15) is 0 Å². The summed E-state index contributed by atoms with van der Waals surface area (Å²) in [7, 11) is 0. The van der Waals surface area contributed by atoms with Crippen LogP contribution in [0.4, 0.5) is 5.69 Å². The molecule has 0 fully saturated rings. The number of nitrogens with zero attached hydrogens (tertiary/aromatic N) is 1. The second kappa shape index (κ2) is 5.95. The van der Waals surface area contributed by atoms with E-state index in [0.29, 0.717) is 5.69 Å². The van der Waals surface area contributed by atoms with Gasteiger partial charge in [0.05, 0.1) is 11.9 Å². The van der Waals surface area contributed by atoms with Crippen molar-refractivity contribution in [3.05, 3.63) is 24.0 Å². The van der Waals surface area contributed by atoms with Gasteiger partial charge in [0.1, 0.15) is 5.69 Å². The molecular weight excluding hydrogens is 222 g/mol. The lowest BCUT2D eigenvalue weighted by Crippen LogP contribution is -2.26. The smallest absolute Gasteiger partial charge is 0.354 e. The van der Waals surface area contributed by atoms with Gasteiger partial charge in [-0.15, -0.1) is 0 Å². The third-order valence-electron chi connectivity index (χ3n) is 2.24. The number of pyridine rings is 1. The molecule has 0 radical (unpaired) electrons. The number of aromatic nitrogens is 1. The number of aromatic carboxylic acids is 1. The highest BCUT2D eigenvalue weighted by atomic mass is 16.4. The number of carbonyl (C=O) groups is 2. The van der Waals surface area contributed by atoms with Crippen LogP contribution in [0.5, 0.6) is 0 Å². The van der Waals surface area contributed by atoms with Crippen LogP contribution in [0, 0.1) is 0 Å². The number of hydrogen-bond acceptors (Lipinski definition) is 4. The molecule has 0 aliphatic carbocycles. The number of hydrogen-bond donors (Lipinski definition) is 3. The molecule has 0 aliphatic heterocycles. The van der Waals surface area contributed by atoms with Gasteiger partial charge in [-0.05, 0) is 18.6 Å². The van der Waals surface area contributed by atoms with Gasteiger partial charge in [0.15, 0.2) is 0 Å². The predicted octanol–water partition coefficient (Wildman–Crippen LogP) is 0.846. The molecule has 0 aliphatic rings. The number of nitrogens with one attached hydrogen (secondary N) is 1. The fourth-order valence-electron chi connectivity index (χ4n) is 1.19. The Hall–Kier alpha value is -1.95. The van der Waals surface area contributed by atoms with Crippen LogP contribution in [0.3, 0.4) is 0 Å². The fraction of sp³-hybridized carbons (Fsp3) is 0.364. The minimum atomic E-state index is -1.10. The monoisotopic (exact) mass is 237 g/mol. The van der Waals surface area contributed by atoms with E-state index in [1.807, 2.05) is 6.92 Å². The molecule has 1 aromatic rings. The number of carboxylic acid groups (broad SMARTS) is 1. The maximum Gasteiger partial charge on any atom is 0.354 e. The van der Waals surface area contributed by atoms with Crippen molar-refractivity contribution >= 4 is 17.6 Å². The average molecular weight is 237 g/mol. The van der Waals surface area contributed by atoms with E-state index < -0.39 is 5.97 Å². The van der Waals surface area contributed by atoms with Crippen LogP contribution in [0.15, 0.2) is 18.3 Å². The number of amides is 1. The lowest BCUT2D eigenvalue weighted by Gasteiger charge is -2.09. The Morgan fingerprint density at radius 2 is 2.24 bits per heavy atom. The summed E-state index contributed by atoms with van der Waals surface area (Å²) in [5, 5.41) is 11.2. The Labute approximate surface area is 98.8 Å². The maximum absolute atomic E-state index is 11.5. The van der Waals surface area contributed by atoms with Crippen molar-refractivity contribution in [2.45, 2.75) is 25.8 Å². The predicted molar refractivity (Wildman–Crippen MR) is 62.7 cm³/mol. The Kier molecular flexibility index (Phi) is 4.59. The molecule has 92 valence electrons. The molecule has 0 saturated heterocycles. The molecule has 1 rings (SSSR count). The van der Waals surface area contributed by atoms with E-state index in [4.69, 9.17) is 10.8 Å². The quantitative estimate of drug-likeness (QED) is 0.703. The molecule has 1 unspecified atom stereocenters. The van der Waals surface area contributed by atoms with Gasteiger partial charge in [0.2, 0.25) is 5.91 Å². The largest absolute Gasteiger partial charge is 0.477 e. The van der Waals surface area contributed by atoms with Gasteiger partial charge in [-0.25, -0.2) is 9.78 Å². The molecule has 0 spiro atoms. The Morgan fingerprint density at radius 3 is 2.71 bits per heavy atom. The molecular formula is C11H15N3O3. The minimum Gasteiger partial charge on any atom is -0.477 e. The zero-order chi connectivity index (χ0) is 12.8. The first-order valence-corrected chi connectivity index (χ1v) is 5.27. The summed E-state index contributed by atoms with van der Waals surface area (Å²) in [6, 6.07) is 2.66. The SMILES string of the molecule is CCC(N)CC(=O)Nc1ccc(C(=O)O)nc1. The standard InChI is InChI=1S/C11H15N3O3/c1-2-7(12)5-10(15)14-8-3-4-9(11(16)17)13-6-8/h3-4,6-7H,2,5,12H2,1H3,(H,14,15)(H,16,17). The molecule has 1 amide bonds. The van der Waals surface area contributed by atoms with E-state index in [1.165, 1.54) is 18.3 Å². The summed E-state index contributed by atoms with van der Waals surface area (Å²) in [4.78, 5) is 25.7. The van der Waals surface area contributed by atoms with Gasteiger partial charge >= 0.3 is 5.97 Å². The molecule has 0 bridgehead atoms. The molecule has 0 aromatic carbocycles. The number of anilines is 1. The van der Waals surface area contributed by atoms with Crippen LogP contribution < -0.4 is 11.1 Å². The van der Waals surface area contributed by atoms with Crippen molar-refractivity contribution < 1.29 is 14.7 Å². The second-order valence-electron chi connectivity index (χ2n) is 3.66. The minimum absolute atomic E-state index is 0.0618. The lowest BCUT2D eigenvalue weighted by molar-refractivity contribution is -0.116. The van der Waals surface area contributed by atoms with E-state index >= 15 is 0 Å². The van der Waals surface area contributed by atoms with Crippen molar-refractivity contribution in [2.75, 3.05) is 5.32 Å². The summed E-state index contributed by atoms with van der Waals surface area (Å²) >= 11 is 0. The van der Waals surface area contributed by atoms with Crippen LogP contribution in [0.1, 0.15) is 30.3 Å². The summed E-state index contributed by atoms with van der Waals surface area (Å²) in [5.74, 6) is -1.31. The van der Waals surface area contributed by atoms with Crippen molar-refractivity contribution in [3.8, 4) is 0 Å². The van der Waals surface area contributed by atoms with Crippen molar-refractivity contribution in [2.24, 2.45) is 5.73 Å². The third-order valence-corrected chi connectivity index (χ3v) is 2.24. The van der Waals surface area contributed by atoms with Crippen LogP contribution >= 0.6 is 0 Å². The third kappa shape index (κ3) is 4.20. The van der Waals surface area contributed by atoms with Gasteiger partial charge in [-0.1, -0.05) is 6.92 Å². The van der Waals surface area contributed by atoms with E-state index in [-0.39, 0.29) is 24.1 Å². The first kappa shape index (κ1) is 13.1.